The fourth-order valence-electron chi connectivity index (χ4n) is 3.18. The Kier molecular flexibility index (Phi) is 3.66. The first-order chi connectivity index (χ1) is 8.75. The molecule has 98 valence electrons. The Bertz CT molecular complexity index is 436. The zero-order valence-electron chi connectivity index (χ0n) is 10.4. The lowest BCUT2D eigenvalue weighted by Crippen LogP contribution is -2.53. The summed E-state index contributed by atoms with van der Waals surface area (Å²) in [6.07, 6.45) is 5.45. The van der Waals surface area contributed by atoms with Crippen LogP contribution in [0, 0.1) is 3.57 Å². The molecule has 2 unspecified atom stereocenters. The van der Waals surface area contributed by atoms with Crippen molar-refractivity contribution in [2.24, 2.45) is 0 Å². The summed E-state index contributed by atoms with van der Waals surface area (Å²) < 4.78 is 7.11. The van der Waals surface area contributed by atoms with Crippen molar-refractivity contribution < 1.29 is 4.74 Å². The smallest absolute Gasteiger partial charge is 0.0779 e. The summed E-state index contributed by atoms with van der Waals surface area (Å²) in [7, 11) is 0. The third-order valence-corrected chi connectivity index (χ3v) is 4.70. The highest BCUT2D eigenvalue weighted by Gasteiger charge is 2.34. The highest BCUT2D eigenvalue weighted by molar-refractivity contribution is 14.1. The molecule has 4 heteroatoms. The Labute approximate surface area is 122 Å². The zero-order valence-corrected chi connectivity index (χ0v) is 12.6. The monoisotopic (exact) mass is 358 g/mol. The van der Waals surface area contributed by atoms with Crippen LogP contribution in [0.4, 0.5) is 11.4 Å². The van der Waals surface area contributed by atoms with Gasteiger partial charge in [0.15, 0.2) is 0 Å². The fraction of sp³-hybridized carbons (Fsp3) is 0.571. The number of nitrogen functional groups attached to an aromatic ring is 1. The van der Waals surface area contributed by atoms with Crippen LogP contribution in [0.5, 0.6) is 0 Å². The molecule has 3 nitrogen and oxygen atoms in total. The number of fused-ring (bicyclic) bond motifs is 1. The van der Waals surface area contributed by atoms with Crippen LogP contribution in [-0.4, -0.2) is 25.3 Å². The second-order valence-corrected chi connectivity index (χ2v) is 6.40. The van der Waals surface area contributed by atoms with Gasteiger partial charge in [0.05, 0.1) is 30.1 Å². The molecular formula is C14H19IN2O. The summed E-state index contributed by atoms with van der Waals surface area (Å²) in [5.74, 6) is 0. The minimum absolute atomic E-state index is 0.408. The number of benzene rings is 1. The molecule has 1 aromatic carbocycles. The van der Waals surface area contributed by atoms with Crippen molar-refractivity contribution >= 4 is 34.0 Å². The van der Waals surface area contributed by atoms with Crippen LogP contribution < -0.4 is 10.6 Å². The van der Waals surface area contributed by atoms with Crippen molar-refractivity contribution in [2.75, 3.05) is 23.8 Å². The van der Waals surface area contributed by atoms with E-state index in [0.717, 1.165) is 18.8 Å². The number of hydrogen-bond donors (Lipinski definition) is 1. The molecule has 1 saturated carbocycles. The van der Waals surface area contributed by atoms with Crippen molar-refractivity contribution in [3.63, 3.8) is 0 Å². The summed E-state index contributed by atoms with van der Waals surface area (Å²) in [6, 6.07) is 6.88. The topological polar surface area (TPSA) is 38.5 Å². The highest BCUT2D eigenvalue weighted by Crippen LogP contribution is 2.35. The molecule has 1 aliphatic carbocycles. The molecule has 2 fully saturated rings. The number of nitrogens with two attached hydrogens (primary N) is 1. The van der Waals surface area contributed by atoms with Crippen molar-refractivity contribution in [1.29, 1.82) is 0 Å². The lowest BCUT2D eigenvalue weighted by Gasteiger charge is -2.45. The average molecular weight is 358 g/mol. The molecule has 2 atom stereocenters. The van der Waals surface area contributed by atoms with E-state index in [9.17, 15) is 0 Å². The van der Waals surface area contributed by atoms with E-state index in [1.54, 1.807) is 0 Å². The number of rotatable bonds is 1. The molecule has 0 radical (unpaired) electrons. The first kappa shape index (κ1) is 12.5. The van der Waals surface area contributed by atoms with Crippen molar-refractivity contribution in [1.82, 2.24) is 0 Å². The SMILES string of the molecule is Nc1cc(I)ccc1N1CCOC2CCCCC21. The first-order valence-corrected chi connectivity index (χ1v) is 7.77. The molecule has 3 rings (SSSR count). The quantitative estimate of drug-likeness (QED) is 0.620. The van der Waals surface area contributed by atoms with Gasteiger partial charge >= 0.3 is 0 Å². The summed E-state index contributed by atoms with van der Waals surface area (Å²) in [6.45, 7) is 1.79. The Morgan fingerprint density at radius 1 is 1.28 bits per heavy atom. The van der Waals surface area contributed by atoms with Gasteiger partial charge in [-0.25, -0.2) is 0 Å². The number of halogens is 1. The molecular weight excluding hydrogens is 339 g/mol. The maximum absolute atomic E-state index is 6.19. The van der Waals surface area contributed by atoms with Gasteiger partial charge in [-0.3, -0.25) is 0 Å². The van der Waals surface area contributed by atoms with Gasteiger partial charge in [-0.15, -0.1) is 0 Å². The Morgan fingerprint density at radius 3 is 2.94 bits per heavy atom. The second kappa shape index (κ2) is 5.25. The van der Waals surface area contributed by atoms with Crippen LogP contribution >= 0.6 is 22.6 Å². The number of morpholine rings is 1. The van der Waals surface area contributed by atoms with E-state index in [1.165, 1.54) is 34.9 Å². The van der Waals surface area contributed by atoms with E-state index < -0.39 is 0 Å². The zero-order chi connectivity index (χ0) is 12.5. The number of hydrogen-bond acceptors (Lipinski definition) is 3. The van der Waals surface area contributed by atoms with Crippen LogP contribution in [-0.2, 0) is 4.74 Å². The summed E-state index contributed by atoms with van der Waals surface area (Å²) in [5, 5.41) is 0. The Morgan fingerprint density at radius 2 is 2.11 bits per heavy atom. The molecule has 0 spiro atoms. The summed E-state index contributed by atoms with van der Waals surface area (Å²) in [5.41, 5.74) is 8.27. The third kappa shape index (κ3) is 2.32. The van der Waals surface area contributed by atoms with Crippen LogP contribution in [0.3, 0.4) is 0 Å². The van der Waals surface area contributed by atoms with E-state index in [2.05, 4.69) is 45.7 Å². The predicted octanol–water partition coefficient (Wildman–Crippen LogP) is 3.02. The van der Waals surface area contributed by atoms with Gasteiger partial charge < -0.3 is 15.4 Å². The van der Waals surface area contributed by atoms with E-state index in [0.29, 0.717) is 12.1 Å². The number of nitrogens with zero attached hydrogens (tertiary/aromatic N) is 1. The van der Waals surface area contributed by atoms with E-state index in [-0.39, 0.29) is 0 Å². The highest BCUT2D eigenvalue weighted by atomic mass is 127. The largest absolute Gasteiger partial charge is 0.397 e. The maximum atomic E-state index is 6.19. The van der Waals surface area contributed by atoms with Crippen molar-refractivity contribution in [2.45, 2.75) is 37.8 Å². The summed E-state index contributed by atoms with van der Waals surface area (Å²) in [4.78, 5) is 2.47. The maximum Gasteiger partial charge on any atom is 0.0779 e. The van der Waals surface area contributed by atoms with Crippen LogP contribution in [0.1, 0.15) is 25.7 Å². The van der Waals surface area contributed by atoms with Crippen LogP contribution in [0.15, 0.2) is 18.2 Å². The standard InChI is InChI=1S/C14H19IN2O/c15-10-5-6-12(11(16)9-10)17-7-8-18-14-4-2-1-3-13(14)17/h5-6,9,13-14H,1-4,7-8,16H2. The van der Waals surface area contributed by atoms with E-state index >= 15 is 0 Å². The van der Waals surface area contributed by atoms with Crippen LogP contribution in [0.2, 0.25) is 0 Å². The minimum Gasteiger partial charge on any atom is -0.397 e. The van der Waals surface area contributed by atoms with Gasteiger partial charge in [-0.1, -0.05) is 12.8 Å². The molecule has 2 aliphatic rings. The van der Waals surface area contributed by atoms with Gasteiger partial charge in [-0.05, 0) is 53.6 Å². The molecule has 2 N–H and O–H groups in total. The van der Waals surface area contributed by atoms with Gasteiger partial charge in [0.2, 0.25) is 0 Å². The molecule has 1 aromatic rings. The van der Waals surface area contributed by atoms with E-state index in [1.807, 2.05) is 0 Å². The molecule has 1 heterocycles. The van der Waals surface area contributed by atoms with Crippen molar-refractivity contribution in [3.05, 3.63) is 21.8 Å². The predicted molar refractivity (Wildman–Crippen MR) is 82.9 cm³/mol. The lowest BCUT2D eigenvalue weighted by molar-refractivity contribution is -0.00862. The average Bonchev–Trinajstić information content (AvgIpc) is 2.38. The van der Waals surface area contributed by atoms with Gasteiger partial charge in [-0.2, -0.15) is 0 Å². The minimum atomic E-state index is 0.408. The van der Waals surface area contributed by atoms with Gasteiger partial charge in [0.1, 0.15) is 0 Å². The second-order valence-electron chi connectivity index (χ2n) is 5.16. The third-order valence-electron chi connectivity index (χ3n) is 4.03. The number of anilines is 2. The Balaban J connectivity index is 1.89. The Hall–Kier alpha value is -0.490. The normalized spacial score (nSPS) is 27.9. The summed E-state index contributed by atoms with van der Waals surface area (Å²) >= 11 is 2.31. The molecule has 0 bridgehead atoms. The first-order valence-electron chi connectivity index (χ1n) is 6.69. The molecule has 1 saturated heterocycles. The van der Waals surface area contributed by atoms with E-state index in [4.69, 9.17) is 10.5 Å². The van der Waals surface area contributed by atoms with Gasteiger partial charge in [0, 0.05) is 10.1 Å². The van der Waals surface area contributed by atoms with Crippen LogP contribution in [0.25, 0.3) is 0 Å². The van der Waals surface area contributed by atoms with Crippen molar-refractivity contribution in [3.8, 4) is 0 Å². The molecule has 0 aromatic heterocycles. The number of ether oxygens (including phenoxy) is 1. The molecule has 18 heavy (non-hydrogen) atoms. The molecule has 0 amide bonds. The fourth-order valence-corrected chi connectivity index (χ4v) is 3.70. The lowest BCUT2D eigenvalue weighted by atomic mass is 9.89. The molecule has 1 aliphatic heterocycles. The van der Waals surface area contributed by atoms with Gasteiger partial charge in [0.25, 0.3) is 0 Å².